The normalized spacial score (nSPS) is 13.5. The summed E-state index contributed by atoms with van der Waals surface area (Å²) in [6.45, 7) is 28.3. The zero-order chi connectivity index (χ0) is 40.8. The van der Waals surface area contributed by atoms with Gasteiger partial charge in [0.15, 0.2) is 0 Å². The molecule has 10 aromatic carbocycles. The second-order valence-electron chi connectivity index (χ2n) is 21.5. The topological polar surface area (TPSA) is 0 Å². The van der Waals surface area contributed by atoms with Crippen molar-refractivity contribution in [2.45, 2.75) is 105 Å². The molecule has 10 aromatic rings. The Kier molecular flexibility index (Phi) is 7.65. The van der Waals surface area contributed by atoms with E-state index in [1.54, 1.807) is 0 Å². The average molecular weight is 753 g/mol. The first-order valence-electron chi connectivity index (χ1n) is 21.3. The minimum absolute atomic E-state index is 0.0206. The van der Waals surface area contributed by atoms with Gasteiger partial charge < -0.3 is 0 Å². The van der Waals surface area contributed by atoms with Gasteiger partial charge in [-0.2, -0.15) is 0 Å². The van der Waals surface area contributed by atoms with E-state index in [2.05, 4.69) is 204 Å². The molecule has 0 N–H and O–H groups in total. The molecule has 0 amide bonds. The number of hydrogen-bond acceptors (Lipinski definition) is 0. The van der Waals surface area contributed by atoms with E-state index in [-0.39, 0.29) is 21.7 Å². The Labute approximate surface area is 344 Å². The Morgan fingerprint density at radius 3 is 0.862 bits per heavy atom. The SMILES string of the molecule is CC(C)(C)c1cc(-c2c3cc4c(cc3c(-c3cc(C(C)(C)C)cc(C(C)(C)C)c3)c3c5cccc6cccc(c23)c65)c2cccc3cccc4c32)cc(C(C)(C)C)c1. The summed E-state index contributed by atoms with van der Waals surface area (Å²) in [4.78, 5) is 0. The van der Waals surface area contributed by atoms with Crippen molar-refractivity contribution >= 4 is 75.4 Å². The number of hydrogen-bond donors (Lipinski definition) is 0. The monoisotopic (exact) mass is 752 g/mol. The van der Waals surface area contributed by atoms with E-state index in [9.17, 15) is 0 Å². The highest BCUT2D eigenvalue weighted by atomic mass is 14.3. The van der Waals surface area contributed by atoms with Gasteiger partial charge in [-0.05, 0) is 154 Å². The minimum Gasteiger partial charge on any atom is -0.0610 e. The highest BCUT2D eigenvalue weighted by Gasteiger charge is 2.29. The highest BCUT2D eigenvalue weighted by Crippen LogP contribution is 2.54. The van der Waals surface area contributed by atoms with Crippen LogP contribution in [0.1, 0.15) is 105 Å². The van der Waals surface area contributed by atoms with Gasteiger partial charge in [-0.3, -0.25) is 0 Å². The maximum Gasteiger partial charge on any atom is -0.000741 e. The molecule has 0 bridgehead atoms. The lowest BCUT2D eigenvalue weighted by Crippen LogP contribution is -2.16. The summed E-state index contributed by atoms with van der Waals surface area (Å²) in [5, 5.41) is 18.8. The van der Waals surface area contributed by atoms with Gasteiger partial charge in [0, 0.05) is 0 Å². The summed E-state index contributed by atoms with van der Waals surface area (Å²) in [5.41, 5.74) is 10.7. The van der Waals surface area contributed by atoms with Crippen molar-refractivity contribution in [3.8, 4) is 22.3 Å². The van der Waals surface area contributed by atoms with Crippen molar-refractivity contribution in [2.24, 2.45) is 0 Å². The fraction of sp³-hybridized carbons (Fsp3) is 0.276. The van der Waals surface area contributed by atoms with Gasteiger partial charge in [0.25, 0.3) is 0 Å². The molecule has 288 valence electrons. The van der Waals surface area contributed by atoms with Gasteiger partial charge in [0.1, 0.15) is 0 Å². The average Bonchev–Trinajstić information content (AvgIpc) is 3.66. The van der Waals surface area contributed by atoms with Crippen LogP contribution in [-0.4, -0.2) is 0 Å². The molecular formula is C58H56. The first kappa shape index (κ1) is 36.9. The number of rotatable bonds is 2. The molecule has 10 rings (SSSR count). The fourth-order valence-electron chi connectivity index (χ4n) is 9.94. The molecule has 0 unspecified atom stereocenters. The lowest BCUT2D eigenvalue weighted by atomic mass is 9.76. The highest BCUT2D eigenvalue weighted by molar-refractivity contribution is 6.41. The van der Waals surface area contributed by atoms with Crippen LogP contribution in [0.4, 0.5) is 0 Å². The zero-order valence-corrected chi connectivity index (χ0v) is 36.5. The van der Waals surface area contributed by atoms with Crippen LogP contribution in [0.5, 0.6) is 0 Å². The van der Waals surface area contributed by atoms with Gasteiger partial charge in [-0.15, -0.1) is 0 Å². The van der Waals surface area contributed by atoms with Gasteiger partial charge in [0.2, 0.25) is 0 Å². The largest absolute Gasteiger partial charge is 0.0610 e. The molecule has 0 spiro atoms. The van der Waals surface area contributed by atoms with E-state index < -0.39 is 0 Å². The van der Waals surface area contributed by atoms with Gasteiger partial charge in [-0.25, -0.2) is 0 Å². The Balaban J connectivity index is 1.53. The Morgan fingerprint density at radius 1 is 0.259 bits per heavy atom. The summed E-state index contributed by atoms with van der Waals surface area (Å²) in [5.74, 6) is 0. The summed E-state index contributed by atoms with van der Waals surface area (Å²) in [6, 6.07) is 47.8. The lowest BCUT2D eigenvalue weighted by Gasteiger charge is -2.28. The molecule has 0 saturated carbocycles. The number of fused-ring (bicyclic) bond motifs is 7. The van der Waals surface area contributed by atoms with Crippen LogP contribution in [0.3, 0.4) is 0 Å². The Bertz CT molecular complexity index is 3010. The first-order chi connectivity index (χ1) is 27.3. The third kappa shape index (κ3) is 5.47. The molecule has 0 aliphatic heterocycles. The maximum absolute atomic E-state index is 2.58. The van der Waals surface area contributed by atoms with Crippen molar-refractivity contribution in [1.29, 1.82) is 0 Å². The Hall–Kier alpha value is -5.46. The second-order valence-corrected chi connectivity index (χ2v) is 21.5. The van der Waals surface area contributed by atoms with Crippen LogP contribution in [0.15, 0.2) is 121 Å². The van der Waals surface area contributed by atoms with Gasteiger partial charge >= 0.3 is 0 Å². The Morgan fingerprint density at radius 2 is 0.552 bits per heavy atom. The van der Waals surface area contributed by atoms with Crippen molar-refractivity contribution in [3.63, 3.8) is 0 Å². The molecule has 0 heteroatoms. The molecule has 0 saturated heterocycles. The van der Waals surface area contributed by atoms with Crippen LogP contribution in [0.2, 0.25) is 0 Å². The third-order valence-corrected chi connectivity index (χ3v) is 13.3. The van der Waals surface area contributed by atoms with Crippen molar-refractivity contribution in [1.82, 2.24) is 0 Å². The maximum atomic E-state index is 2.58. The molecular weight excluding hydrogens is 697 g/mol. The molecule has 0 nitrogen and oxygen atoms in total. The zero-order valence-electron chi connectivity index (χ0n) is 36.5. The third-order valence-electron chi connectivity index (χ3n) is 13.3. The van der Waals surface area contributed by atoms with Crippen LogP contribution in [-0.2, 0) is 21.7 Å². The van der Waals surface area contributed by atoms with Crippen LogP contribution < -0.4 is 0 Å². The predicted molar refractivity (Wildman–Crippen MR) is 257 cm³/mol. The number of benzene rings is 8. The smallest absolute Gasteiger partial charge is 0.000741 e. The second kappa shape index (κ2) is 12.0. The fourth-order valence-corrected chi connectivity index (χ4v) is 9.94. The summed E-state index contributed by atoms with van der Waals surface area (Å²) < 4.78 is 0. The van der Waals surface area contributed by atoms with Crippen LogP contribution >= 0.6 is 0 Å². The summed E-state index contributed by atoms with van der Waals surface area (Å²) in [6.07, 6.45) is 0. The van der Waals surface area contributed by atoms with Gasteiger partial charge in [-0.1, -0.05) is 192 Å². The summed E-state index contributed by atoms with van der Waals surface area (Å²) >= 11 is 0. The molecule has 0 heterocycles. The first-order valence-corrected chi connectivity index (χ1v) is 21.3. The van der Waals surface area contributed by atoms with E-state index in [1.807, 2.05) is 0 Å². The predicted octanol–water partition coefficient (Wildman–Crippen LogP) is 17.2. The standard InChI is InChI=1S/C58H56/c1-55(2,3)37-25-35(26-38(29-37)56(4,5)6)51-47-31-45-41-21-13-17-33-18-14-22-42(49(33)41)46(45)32-48(47)52(36-27-39(57(7,8)9)30-40(28-36)58(10,11)12)54-44-24-16-20-34-19-15-23-43(50(34)44)53(51)54/h13-32H,1-12H3. The summed E-state index contributed by atoms with van der Waals surface area (Å²) in [7, 11) is 0. The van der Waals surface area contributed by atoms with E-state index in [4.69, 9.17) is 0 Å². The molecule has 0 radical (unpaired) electrons. The molecule has 0 atom stereocenters. The van der Waals surface area contributed by atoms with Crippen LogP contribution in [0, 0.1) is 0 Å². The van der Waals surface area contributed by atoms with Crippen LogP contribution in [0.25, 0.3) is 97.7 Å². The van der Waals surface area contributed by atoms with E-state index in [0.29, 0.717) is 0 Å². The molecule has 0 fully saturated rings. The van der Waals surface area contributed by atoms with Crippen molar-refractivity contribution in [3.05, 3.63) is 144 Å². The van der Waals surface area contributed by atoms with E-state index >= 15 is 0 Å². The van der Waals surface area contributed by atoms with E-state index in [1.165, 1.54) is 120 Å². The van der Waals surface area contributed by atoms with Crippen molar-refractivity contribution in [2.75, 3.05) is 0 Å². The molecule has 0 aliphatic rings. The van der Waals surface area contributed by atoms with Crippen molar-refractivity contribution < 1.29 is 0 Å². The minimum atomic E-state index is -0.0206. The lowest BCUT2D eigenvalue weighted by molar-refractivity contribution is 0.568. The molecule has 58 heavy (non-hydrogen) atoms. The van der Waals surface area contributed by atoms with E-state index in [0.717, 1.165) is 0 Å². The molecule has 0 aromatic heterocycles. The quantitative estimate of drug-likeness (QED) is 0.165. The molecule has 0 aliphatic carbocycles. The van der Waals surface area contributed by atoms with Gasteiger partial charge in [0.05, 0.1) is 0 Å².